The van der Waals surface area contributed by atoms with Crippen molar-refractivity contribution in [3.8, 4) is 0 Å². The van der Waals surface area contributed by atoms with Crippen LogP contribution in [0.4, 0.5) is 0 Å². The summed E-state index contributed by atoms with van der Waals surface area (Å²) in [5.41, 5.74) is 0. The lowest BCUT2D eigenvalue weighted by atomic mass is 9.97. The normalized spacial score (nSPS) is 12.9. The summed E-state index contributed by atoms with van der Waals surface area (Å²) in [6, 6.07) is 4.29. The summed E-state index contributed by atoms with van der Waals surface area (Å²) in [4.78, 5) is 6.17. The van der Waals surface area contributed by atoms with E-state index in [9.17, 15) is 0 Å². The fourth-order valence-corrected chi connectivity index (χ4v) is 3.87. The Bertz CT molecular complexity index is 692. The predicted molar refractivity (Wildman–Crippen MR) is 119 cm³/mol. The van der Waals surface area contributed by atoms with Crippen LogP contribution >= 0.6 is 11.3 Å². The van der Waals surface area contributed by atoms with E-state index in [-0.39, 0.29) is 0 Å². The van der Waals surface area contributed by atoms with Crippen molar-refractivity contribution in [2.45, 2.75) is 65.8 Å². The van der Waals surface area contributed by atoms with Gasteiger partial charge in [-0.1, -0.05) is 39.2 Å². The molecule has 1 unspecified atom stereocenters. The first-order valence-corrected chi connectivity index (χ1v) is 11.4. The van der Waals surface area contributed by atoms with Crippen LogP contribution in [0.2, 0.25) is 0 Å². The fourth-order valence-electron chi connectivity index (χ4n) is 3.16. The molecule has 2 rings (SSSR count). The van der Waals surface area contributed by atoms with Gasteiger partial charge >= 0.3 is 0 Å². The largest absolute Gasteiger partial charge is 0.356 e. The van der Waals surface area contributed by atoms with Crippen LogP contribution < -0.4 is 10.6 Å². The lowest BCUT2D eigenvalue weighted by molar-refractivity contribution is 0.423. The molecule has 0 saturated heterocycles. The molecule has 1 atom stereocenters. The SMILES string of the molecule is CCCCC(CCC)CNC(=NCc1nnc(C)n1C)NCCc1cccs1. The van der Waals surface area contributed by atoms with Crippen molar-refractivity contribution in [2.75, 3.05) is 13.1 Å². The minimum atomic E-state index is 0.527. The summed E-state index contributed by atoms with van der Waals surface area (Å²) in [5.74, 6) is 3.36. The Morgan fingerprint density at radius 2 is 2.07 bits per heavy atom. The minimum absolute atomic E-state index is 0.527. The summed E-state index contributed by atoms with van der Waals surface area (Å²) in [6.45, 7) is 8.86. The Labute approximate surface area is 173 Å². The molecule has 2 N–H and O–H groups in total. The molecule has 0 fully saturated rings. The number of nitrogens with zero attached hydrogens (tertiary/aromatic N) is 4. The monoisotopic (exact) mass is 404 g/mol. The molecule has 0 aliphatic carbocycles. The maximum Gasteiger partial charge on any atom is 0.191 e. The maximum absolute atomic E-state index is 4.77. The summed E-state index contributed by atoms with van der Waals surface area (Å²) in [6.07, 6.45) is 7.33. The smallest absolute Gasteiger partial charge is 0.191 e. The first kappa shape index (κ1) is 22.4. The highest BCUT2D eigenvalue weighted by atomic mass is 32.1. The second-order valence-corrected chi connectivity index (χ2v) is 8.35. The number of hydrogen-bond donors (Lipinski definition) is 2. The van der Waals surface area contributed by atoms with E-state index in [2.05, 4.69) is 52.2 Å². The van der Waals surface area contributed by atoms with Crippen molar-refractivity contribution in [1.29, 1.82) is 0 Å². The highest BCUT2D eigenvalue weighted by molar-refractivity contribution is 7.09. The summed E-state index contributed by atoms with van der Waals surface area (Å²) in [5, 5.41) is 17.6. The van der Waals surface area contributed by atoms with Crippen molar-refractivity contribution < 1.29 is 0 Å². The lowest BCUT2D eigenvalue weighted by Gasteiger charge is -2.19. The van der Waals surface area contributed by atoms with Crippen LogP contribution in [0.15, 0.2) is 22.5 Å². The molecule has 2 aromatic heterocycles. The highest BCUT2D eigenvalue weighted by Crippen LogP contribution is 2.14. The van der Waals surface area contributed by atoms with Crippen molar-refractivity contribution >= 4 is 17.3 Å². The molecule has 2 aromatic rings. The third-order valence-electron chi connectivity index (χ3n) is 5.03. The van der Waals surface area contributed by atoms with E-state index >= 15 is 0 Å². The van der Waals surface area contributed by atoms with Gasteiger partial charge in [0.05, 0.1) is 0 Å². The van der Waals surface area contributed by atoms with Gasteiger partial charge in [-0.05, 0) is 43.6 Å². The van der Waals surface area contributed by atoms with E-state index in [1.165, 1.54) is 37.0 Å². The molecule has 7 heteroatoms. The van der Waals surface area contributed by atoms with Gasteiger partial charge in [-0.2, -0.15) is 0 Å². The van der Waals surface area contributed by atoms with Crippen LogP contribution in [0.25, 0.3) is 0 Å². The average Bonchev–Trinajstić information content (AvgIpc) is 3.32. The van der Waals surface area contributed by atoms with Gasteiger partial charge in [0, 0.05) is 25.0 Å². The molecule has 0 aromatic carbocycles. The zero-order valence-electron chi connectivity index (χ0n) is 17.9. The van der Waals surface area contributed by atoms with Crippen LogP contribution in [0.5, 0.6) is 0 Å². The van der Waals surface area contributed by atoms with Crippen LogP contribution in [0, 0.1) is 12.8 Å². The minimum Gasteiger partial charge on any atom is -0.356 e. The van der Waals surface area contributed by atoms with E-state index in [4.69, 9.17) is 4.99 Å². The van der Waals surface area contributed by atoms with Gasteiger partial charge in [0.15, 0.2) is 11.8 Å². The molecule has 0 aliphatic heterocycles. The van der Waals surface area contributed by atoms with Gasteiger partial charge in [0.2, 0.25) is 0 Å². The molecule has 0 saturated carbocycles. The molecule has 0 aliphatic rings. The first-order valence-electron chi connectivity index (χ1n) is 10.5. The zero-order valence-corrected chi connectivity index (χ0v) is 18.7. The average molecular weight is 405 g/mol. The highest BCUT2D eigenvalue weighted by Gasteiger charge is 2.10. The Morgan fingerprint density at radius 3 is 2.71 bits per heavy atom. The van der Waals surface area contributed by atoms with E-state index in [0.717, 1.165) is 37.1 Å². The molecule has 0 amide bonds. The quantitative estimate of drug-likeness (QED) is 0.413. The predicted octanol–water partition coefficient (Wildman–Crippen LogP) is 4.07. The second-order valence-electron chi connectivity index (χ2n) is 7.32. The van der Waals surface area contributed by atoms with Gasteiger partial charge in [-0.15, -0.1) is 21.5 Å². The van der Waals surface area contributed by atoms with Gasteiger partial charge in [-0.3, -0.25) is 0 Å². The van der Waals surface area contributed by atoms with Crippen LogP contribution in [-0.4, -0.2) is 33.8 Å². The van der Waals surface area contributed by atoms with Gasteiger partial charge in [0.1, 0.15) is 12.4 Å². The van der Waals surface area contributed by atoms with Gasteiger partial charge in [-0.25, -0.2) is 4.99 Å². The zero-order chi connectivity index (χ0) is 20.2. The molecule has 0 radical (unpaired) electrons. The standard InChI is InChI=1S/C21H36N6S/c1-5-7-10-18(9-6-2)15-23-21(22-13-12-19-11-8-14-28-19)24-16-20-26-25-17(3)27(20)4/h8,11,14,18H,5-7,9-10,12-13,15-16H2,1-4H3,(H2,22,23,24). The number of aromatic nitrogens is 3. The molecule has 0 spiro atoms. The number of aliphatic imine (C=N–C) groups is 1. The molecule has 28 heavy (non-hydrogen) atoms. The summed E-state index contributed by atoms with van der Waals surface area (Å²) in [7, 11) is 1.99. The van der Waals surface area contributed by atoms with E-state index in [1.54, 1.807) is 11.3 Å². The van der Waals surface area contributed by atoms with E-state index in [1.807, 2.05) is 18.5 Å². The molecular formula is C21H36N6S. The maximum atomic E-state index is 4.77. The van der Waals surface area contributed by atoms with E-state index in [0.29, 0.717) is 12.5 Å². The number of nitrogens with one attached hydrogen (secondary N) is 2. The first-order chi connectivity index (χ1) is 13.6. The Hall–Kier alpha value is -1.89. The Balaban J connectivity index is 1.95. The number of thiophene rings is 1. The number of rotatable bonds is 12. The van der Waals surface area contributed by atoms with Gasteiger partial charge in [0.25, 0.3) is 0 Å². The Kier molecular flexibility index (Phi) is 10.0. The Morgan fingerprint density at radius 1 is 1.21 bits per heavy atom. The summed E-state index contributed by atoms with van der Waals surface area (Å²) >= 11 is 1.80. The fraction of sp³-hybridized carbons (Fsp3) is 0.667. The number of unbranched alkanes of at least 4 members (excludes halogenated alkanes) is 1. The number of aryl methyl sites for hydroxylation is 1. The third kappa shape index (κ3) is 7.62. The topological polar surface area (TPSA) is 67.1 Å². The number of guanidine groups is 1. The lowest BCUT2D eigenvalue weighted by Crippen LogP contribution is -2.40. The molecule has 2 heterocycles. The molecule has 6 nitrogen and oxygen atoms in total. The third-order valence-corrected chi connectivity index (χ3v) is 5.96. The van der Waals surface area contributed by atoms with Crippen LogP contribution in [0.3, 0.4) is 0 Å². The van der Waals surface area contributed by atoms with Crippen molar-refractivity contribution in [3.63, 3.8) is 0 Å². The van der Waals surface area contributed by atoms with E-state index < -0.39 is 0 Å². The summed E-state index contributed by atoms with van der Waals surface area (Å²) < 4.78 is 1.99. The van der Waals surface area contributed by atoms with Crippen molar-refractivity contribution in [3.05, 3.63) is 34.0 Å². The van der Waals surface area contributed by atoms with Crippen LogP contribution in [-0.2, 0) is 20.0 Å². The molecular weight excluding hydrogens is 368 g/mol. The molecule has 0 bridgehead atoms. The van der Waals surface area contributed by atoms with Gasteiger partial charge < -0.3 is 15.2 Å². The van der Waals surface area contributed by atoms with Crippen molar-refractivity contribution in [1.82, 2.24) is 25.4 Å². The molecule has 156 valence electrons. The second kappa shape index (κ2) is 12.5. The number of hydrogen-bond acceptors (Lipinski definition) is 4. The van der Waals surface area contributed by atoms with Crippen molar-refractivity contribution in [2.24, 2.45) is 18.0 Å². The van der Waals surface area contributed by atoms with Crippen LogP contribution in [0.1, 0.15) is 62.5 Å².